The number of ether oxygens (including phenoxy) is 2. The van der Waals surface area contributed by atoms with Crippen LogP contribution in [0.5, 0.6) is 11.5 Å². The second kappa shape index (κ2) is 11.2. The molecule has 1 N–H and O–H groups in total. The van der Waals surface area contributed by atoms with Crippen LogP contribution in [0.2, 0.25) is 0 Å². The summed E-state index contributed by atoms with van der Waals surface area (Å²) in [5.41, 5.74) is 5.51. The van der Waals surface area contributed by atoms with Crippen molar-refractivity contribution in [2.24, 2.45) is 5.41 Å². The van der Waals surface area contributed by atoms with Crippen molar-refractivity contribution in [1.29, 1.82) is 0 Å². The molecule has 0 saturated heterocycles. The maximum atomic E-state index is 15.0. The SMILES string of the molecule is CC[C@H](CC(=O)O)c1cccc(OCc2ccc(-c3cc(OC)ccc3F)c(C3=CCCC3(C)C)c2)c1. The van der Waals surface area contributed by atoms with Crippen LogP contribution in [0.15, 0.2) is 66.7 Å². The molecule has 0 aromatic heterocycles. The molecule has 1 atom stereocenters. The zero-order valence-electron chi connectivity index (χ0n) is 22.0. The molecule has 0 fully saturated rings. The number of rotatable bonds is 10. The molecule has 0 saturated carbocycles. The van der Waals surface area contributed by atoms with Crippen LogP contribution < -0.4 is 9.47 Å². The number of hydrogen-bond acceptors (Lipinski definition) is 3. The van der Waals surface area contributed by atoms with Crippen LogP contribution >= 0.6 is 0 Å². The fourth-order valence-corrected chi connectivity index (χ4v) is 5.17. The highest BCUT2D eigenvalue weighted by molar-refractivity contribution is 5.85. The number of halogens is 1. The lowest BCUT2D eigenvalue weighted by Crippen LogP contribution is -2.10. The summed E-state index contributed by atoms with van der Waals surface area (Å²) >= 11 is 0. The number of carbonyl (C=O) groups is 1. The number of benzene rings is 3. The highest BCUT2D eigenvalue weighted by Crippen LogP contribution is 2.47. The van der Waals surface area contributed by atoms with E-state index in [1.807, 2.05) is 43.3 Å². The molecule has 0 spiro atoms. The van der Waals surface area contributed by atoms with Gasteiger partial charge in [0, 0.05) is 5.56 Å². The molecule has 0 aliphatic heterocycles. The monoisotopic (exact) mass is 502 g/mol. The van der Waals surface area contributed by atoms with Crippen LogP contribution in [0.4, 0.5) is 4.39 Å². The van der Waals surface area contributed by atoms with E-state index in [0.717, 1.165) is 41.5 Å². The molecule has 0 heterocycles. The first kappa shape index (κ1) is 26.5. The summed E-state index contributed by atoms with van der Waals surface area (Å²) in [4.78, 5) is 11.2. The van der Waals surface area contributed by atoms with Gasteiger partial charge in [-0.3, -0.25) is 4.79 Å². The molecule has 194 valence electrons. The zero-order valence-corrected chi connectivity index (χ0v) is 22.0. The summed E-state index contributed by atoms with van der Waals surface area (Å²) in [5.74, 6) is 0.170. The van der Waals surface area contributed by atoms with Gasteiger partial charge in [-0.25, -0.2) is 4.39 Å². The van der Waals surface area contributed by atoms with Gasteiger partial charge in [0.15, 0.2) is 0 Å². The van der Waals surface area contributed by atoms with Gasteiger partial charge in [-0.2, -0.15) is 0 Å². The van der Waals surface area contributed by atoms with E-state index in [1.165, 1.54) is 11.6 Å². The highest BCUT2D eigenvalue weighted by atomic mass is 19.1. The van der Waals surface area contributed by atoms with Gasteiger partial charge < -0.3 is 14.6 Å². The molecule has 0 amide bonds. The fraction of sp³-hybridized carbons (Fsp3) is 0.344. The number of aliphatic carboxylic acids is 1. The van der Waals surface area contributed by atoms with Crippen LogP contribution in [0.1, 0.15) is 69.1 Å². The molecule has 1 aliphatic rings. The van der Waals surface area contributed by atoms with Gasteiger partial charge in [0.2, 0.25) is 0 Å². The average molecular weight is 503 g/mol. The van der Waals surface area contributed by atoms with Gasteiger partial charge in [0.25, 0.3) is 0 Å². The van der Waals surface area contributed by atoms with E-state index in [9.17, 15) is 14.3 Å². The lowest BCUT2D eigenvalue weighted by atomic mass is 9.79. The van der Waals surface area contributed by atoms with Crippen molar-refractivity contribution in [3.8, 4) is 22.6 Å². The van der Waals surface area contributed by atoms with E-state index in [0.29, 0.717) is 23.7 Å². The van der Waals surface area contributed by atoms with Gasteiger partial charge in [-0.05, 0) is 94.8 Å². The Balaban J connectivity index is 1.66. The first-order valence-corrected chi connectivity index (χ1v) is 12.8. The van der Waals surface area contributed by atoms with Gasteiger partial charge >= 0.3 is 5.97 Å². The Morgan fingerprint density at radius 2 is 1.84 bits per heavy atom. The number of carboxylic acid groups (broad SMARTS) is 1. The number of hydrogen-bond donors (Lipinski definition) is 1. The van der Waals surface area contributed by atoms with Crippen LogP contribution in [0.3, 0.4) is 0 Å². The van der Waals surface area contributed by atoms with E-state index in [2.05, 4.69) is 26.0 Å². The van der Waals surface area contributed by atoms with E-state index in [4.69, 9.17) is 9.47 Å². The largest absolute Gasteiger partial charge is 0.497 e. The third-order valence-corrected chi connectivity index (χ3v) is 7.33. The number of allylic oxidation sites excluding steroid dienone is 2. The first-order chi connectivity index (χ1) is 17.7. The van der Waals surface area contributed by atoms with Crippen molar-refractivity contribution < 1.29 is 23.8 Å². The highest BCUT2D eigenvalue weighted by Gasteiger charge is 2.30. The third-order valence-electron chi connectivity index (χ3n) is 7.33. The van der Waals surface area contributed by atoms with E-state index in [-0.39, 0.29) is 23.6 Å². The Kier molecular flexibility index (Phi) is 8.01. The Labute approximate surface area is 218 Å². The quantitative estimate of drug-likeness (QED) is 0.303. The summed E-state index contributed by atoms with van der Waals surface area (Å²) in [7, 11) is 1.58. The Hall–Kier alpha value is -3.60. The molecular weight excluding hydrogens is 467 g/mol. The lowest BCUT2D eigenvalue weighted by molar-refractivity contribution is -0.137. The standard InChI is InChI=1S/C32H35FO4/c1-5-22(18-31(34)35)23-8-6-9-25(17-23)37-20-21-11-13-26(28-19-24(36-4)12-14-30(28)33)27(16-21)29-10-7-15-32(29,2)3/h6,8-14,16-17,19,22H,5,7,15,18,20H2,1-4H3,(H,34,35)/t22-/m1/s1. The molecule has 0 unspecified atom stereocenters. The van der Waals surface area contributed by atoms with E-state index in [1.54, 1.807) is 19.2 Å². The summed E-state index contributed by atoms with van der Waals surface area (Å²) in [6.07, 6.45) is 5.14. The molecule has 0 radical (unpaired) electrons. The van der Waals surface area contributed by atoms with Crippen molar-refractivity contribution in [3.63, 3.8) is 0 Å². The van der Waals surface area contributed by atoms with Crippen molar-refractivity contribution in [1.82, 2.24) is 0 Å². The van der Waals surface area contributed by atoms with E-state index >= 15 is 0 Å². The fourth-order valence-electron chi connectivity index (χ4n) is 5.17. The zero-order chi connectivity index (χ0) is 26.6. The normalized spacial score (nSPS) is 15.2. The average Bonchev–Trinajstić information content (AvgIpc) is 3.25. The van der Waals surface area contributed by atoms with Crippen molar-refractivity contribution in [2.45, 2.75) is 59.0 Å². The summed E-state index contributed by atoms with van der Waals surface area (Å²) in [6, 6.07) is 18.6. The molecule has 5 heteroatoms. The molecule has 4 rings (SSSR count). The van der Waals surface area contributed by atoms with Gasteiger partial charge in [0.05, 0.1) is 13.5 Å². The van der Waals surface area contributed by atoms with Crippen molar-refractivity contribution in [2.75, 3.05) is 7.11 Å². The molecule has 1 aliphatic carbocycles. The number of carboxylic acids is 1. The minimum Gasteiger partial charge on any atom is -0.497 e. The van der Waals surface area contributed by atoms with Crippen molar-refractivity contribution in [3.05, 3.63) is 89.2 Å². The Morgan fingerprint density at radius 3 is 2.51 bits per heavy atom. The van der Waals surface area contributed by atoms with Crippen LogP contribution in [0.25, 0.3) is 16.7 Å². The van der Waals surface area contributed by atoms with Crippen molar-refractivity contribution >= 4 is 11.5 Å². The minimum absolute atomic E-state index is 0.0167. The van der Waals surface area contributed by atoms with E-state index < -0.39 is 5.97 Å². The summed E-state index contributed by atoms with van der Waals surface area (Å²) in [5, 5.41) is 9.24. The Bertz CT molecular complexity index is 1310. The van der Waals surface area contributed by atoms with Gasteiger partial charge in [-0.15, -0.1) is 0 Å². The van der Waals surface area contributed by atoms with Gasteiger partial charge in [-0.1, -0.05) is 51.1 Å². The van der Waals surface area contributed by atoms with Crippen LogP contribution in [-0.4, -0.2) is 18.2 Å². The second-order valence-corrected chi connectivity index (χ2v) is 10.3. The predicted molar refractivity (Wildman–Crippen MR) is 145 cm³/mol. The lowest BCUT2D eigenvalue weighted by Gasteiger charge is -2.25. The maximum absolute atomic E-state index is 15.0. The number of methoxy groups -OCH3 is 1. The Morgan fingerprint density at radius 1 is 1.03 bits per heavy atom. The summed E-state index contributed by atoms with van der Waals surface area (Å²) in [6.45, 7) is 6.80. The maximum Gasteiger partial charge on any atom is 0.303 e. The second-order valence-electron chi connectivity index (χ2n) is 10.3. The van der Waals surface area contributed by atoms with Crippen LogP contribution in [0, 0.1) is 11.2 Å². The smallest absolute Gasteiger partial charge is 0.303 e. The molecule has 3 aromatic rings. The molecule has 37 heavy (non-hydrogen) atoms. The van der Waals surface area contributed by atoms with Gasteiger partial charge in [0.1, 0.15) is 23.9 Å². The summed E-state index contributed by atoms with van der Waals surface area (Å²) < 4.78 is 26.5. The topological polar surface area (TPSA) is 55.8 Å². The molecule has 3 aromatic carbocycles. The molecule has 4 nitrogen and oxygen atoms in total. The third kappa shape index (κ3) is 6.04. The molecular formula is C32H35FO4. The van der Waals surface area contributed by atoms with Crippen LogP contribution in [-0.2, 0) is 11.4 Å². The molecule has 0 bridgehead atoms. The minimum atomic E-state index is -0.803. The predicted octanol–water partition coefficient (Wildman–Crippen LogP) is 8.25. The first-order valence-electron chi connectivity index (χ1n) is 12.8.